The Morgan fingerprint density at radius 3 is 2.38 bits per heavy atom. The molecule has 24 heavy (non-hydrogen) atoms. The molecule has 0 radical (unpaired) electrons. The van der Waals surface area contributed by atoms with E-state index in [0.29, 0.717) is 23.9 Å². The van der Waals surface area contributed by atoms with Crippen molar-refractivity contribution in [3.8, 4) is 0 Å². The molecule has 0 N–H and O–H groups in total. The van der Waals surface area contributed by atoms with Gasteiger partial charge in [-0.3, -0.25) is 0 Å². The lowest BCUT2D eigenvalue weighted by Crippen LogP contribution is -2.37. The normalized spacial score (nSPS) is 24.3. The van der Waals surface area contributed by atoms with Crippen LogP contribution >= 0.6 is 0 Å². The summed E-state index contributed by atoms with van der Waals surface area (Å²) in [5.74, 6) is 0.422. The van der Waals surface area contributed by atoms with E-state index in [1.165, 1.54) is 5.69 Å². The van der Waals surface area contributed by atoms with Crippen LogP contribution in [0.4, 0.5) is 5.69 Å². The van der Waals surface area contributed by atoms with E-state index in [0.717, 1.165) is 18.5 Å². The van der Waals surface area contributed by atoms with E-state index >= 15 is 0 Å². The predicted molar refractivity (Wildman–Crippen MR) is 95.6 cm³/mol. The number of rotatable bonds is 3. The van der Waals surface area contributed by atoms with E-state index in [-0.39, 0.29) is 6.04 Å². The molecule has 4 rings (SSSR count). The summed E-state index contributed by atoms with van der Waals surface area (Å²) in [7, 11) is -3.40. The van der Waals surface area contributed by atoms with Crippen molar-refractivity contribution in [3.63, 3.8) is 0 Å². The fourth-order valence-electron chi connectivity index (χ4n) is 3.92. The number of hydrogen-bond donors (Lipinski definition) is 0. The Balaban J connectivity index is 1.57. The Morgan fingerprint density at radius 1 is 0.958 bits per heavy atom. The van der Waals surface area contributed by atoms with Gasteiger partial charge in [-0.15, -0.1) is 0 Å². The van der Waals surface area contributed by atoms with Crippen LogP contribution in [0.15, 0.2) is 59.5 Å². The molecule has 2 aromatic rings. The number of nitrogens with zero attached hydrogens (tertiary/aromatic N) is 2. The molecule has 0 bridgehead atoms. The van der Waals surface area contributed by atoms with Crippen molar-refractivity contribution in [1.29, 1.82) is 0 Å². The third-order valence-electron chi connectivity index (χ3n) is 5.26. The predicted octanol–water partition coefficient (Wildman–Crippen LogP) is 2.89. The maximum atomic E-state index is 12.9. The van der Waals surface area contributed by atoms with Crippen molar-refractivity contribution in [2.45, 2.75) is 24.3 Å². The van der Waals surface area contributed by atoms with Crippen molar-refractivity contribution >= 4 is 15.7 Å². The molecule has 0 saturated carbocycles. The van der Waals surface area contributed by atoms with Gasteiger partial charge in [0.25, 0.3) is 0 Å². The van der Waals surface area contributed by atoms with E-state index in [9.17, 15) is 8.42 Å². The van der Waals surface area contributed by atoms with Crippen LogP contribution in [0.2, 0.25) is 0 Å². The third-order valence-corrected chi connectivity index (χ3v) is 7.11. The first-order valence-corrected chi connectivity index (χ1v) is 9.88. The van der Waals surface area contributed by atoms with Crippen molar-refractivity contribution in [1.82, 2.24) is 4.31 Å². The molecule has 2 saturated heterocycles. The summed E-state index contributed by atoms with van der Waals surface area (Å²) in [4.78, 5) is 2.77. The topological polar surface area (TPSA) is 40.6 Å². The Hall–Kier alpha value is -1.85. The molecule has 4 nitrogen and oxygen atoms in total. The molecule has 0 aromatic heterocycles. The Labute approximate surface area is 143 Å². The smallest absolute Gasteiger partial charge is 0.243 e. The standard InChI is InChI=1S/C19H22N2O2S/c1-15-7-9-18(10-8-15)24(22,23)20-13-16-11-12-21(19(16)14-20)17-5-3-2-4-6-17/h2-10,16,19H,11-14H2,1H3/t16-,19+/m0/s1. The molecule has 2 aromatic carbocycles. The van der Waals surface area contributed by atoms with Gasteiger partial charge in [0.1, 0.15) is 0 Å². The van der Waals surface area contributed by atoms with Gasteiger partial charge in [0.15, 0.2) is 0 Å². The van der Waals surface area contributed by atoms with Crippen LogP contribution in [0.1, 0.15) is 12.0 Å². The van der Waals surface area contributed by atoms with E-state index in [2.05, 4.69) is 17.0 Å². The summed E-state index contributed by atoms with van der Waals surface area (Å²) in [5.41, 5.74) is 2.27. The Kier molecular flexibility index (Phi) is 3.85. The fraction of sp³-hybridized carbons (Fsp3) is 0.368. The number of sulfonamides is 1. The molecule has 126 valence electrons. The summed E-state index contributed by atoms with van der Waals surface area (Å²) >= 11 is 0. The van der Waals surface area contributed by atoms with Crippen molar-refractivity contribution < 1.29 is 8.42 Å². The first-order valence-electron chi connectivity index (χ1n) is 8.44. The summed E-state index contributed by atoms with van der Waals surface area (Å²) in [6.45, 7) is 4.19. The molecular formula is C19H22N2O2S. The highest BCUT2D eigenvalue weighted by molar-refractivity contribution is 7.89. The van der Waals surface area contributed by atoms with Crippen LogP contribution in [0.5, 0.6) is 0 Å². The second-order valence-corrected chi connectivity index (χ2v) is 8.72. The van der Waals surface area contributed by atoms with Gasteiger partial charge in [-0.1, -0.05) is 35.9 Å². The monoisotopic (exact) mass is 342 g/mol. The molecule has 2 aliphatic heterocycles. The van der Waals surface area contributed by atoms with E-state index < -0.39 is 10.0 Å². The lowest BCUT2D eigenvalue weighted by molar-refractivity contribution is 0.451. The molecule has 0 aliphatic carbocycles. The minimum absolute atomic E-state index is 0.285. The van der Waals surface area contributed by atoms with Crippen molar-refractivity contribution in [2.75, 3.05) is 24.5 Å². The zero-order valence-electron chi connectivity index (χ0n) is 13.8. The summed E-state index contributed by atoms with van der Waals surface area (Å²) < 4.78 is 27.5. The number of aryl methyl sites for hydroxylation is 1. The van der Waals surface area contributed by atoms with Crippen LogP contribution < -0.4 is 4.90 Å². The van der Waals surface area contributed by atoms with Crippen LogP contribution in [0.3, 0.4) is 0 Å². The molecule has 0 unspecified atom stereocenters. The van der Waals surface area contributed by atoms with Crippen LogP contribution in [0.25, 0.3) is 0 Å². The molecule has 2 fully saturated rings. The quantitative estimate of drug-likeness (QED) is 0.861. The molecule has 0 amide bonds. The minimum atomic E-state index is -3.40. The van der Waals surface area contributed by atoms with Crippen molar-refractivity contribution in [3.05, 3.63) is 60.2 Å². The van der Waals surface area contributed by atoms with Gasteiger partial charge in [0.2, 0.25) is 10.0 Å². The summed E-state index contributed by atoms with van der Waals surface area (Å²) in [6.07, 6.45) is 1.06. The highest BCUT2D eigenvalue weighted by atomic mass is 32.2. The summed E-state index contributed by atoms with van der Waals surface area (Å²) in [6, 6.07) is 17.8. The van der Waals surface area contributed by atoms with E-state index in [1.807, 2.05) is 37.3 Å². The Bertz CT molecular complexity index is 818. The van der Waals surface area contributed by atoms with Gasteiger partial charge < -0.3 is 4.90 Å². The van der Waals surface area contributed by atoms with Crippen LogP contribution in [0, 0.1) is 12.8 Å². The minimum Gasteiger partial charge on any atom is -0.367 e. The average Bonchev–Trinajstić information content (AvgIpc) is 3.17. The Morgan fingerprint density at radius 2 is 1.67 bits per heavy atom. The maximum Gasteiger partial charge on any atom is 0.243 e. The van der Waals surface area contributed by atoms with Crippen LogP contribution in [-0.2, 0) is 10.0 Å². The van der Waals surface area contributed by atoms with Gasteiger partial charge >= 0.3 is 0 Å². The zero-order valence-corrected chi connectivity index (χ0v) is 14.6. The summed E-state index contributed by atoms with van der Waals surface area (Å²) in [5, 5.41) is 0. The zero-order chi connectivity index (χ0) is 16.7. The van der Waals surface area contributed by atoms with E-state index in [4.69, 9.17) is 0 Å². The second-order valence-electron chi connectivity index (χ2n) is 6.78. The SMILES string of the molecule is Cc1ccc(S(=O)(=O)N2C[C@@H]3CCN(c4ccccc4)[C@@H]3C2)cc1. The number of fused-ring (bicyclic) bond motifs is 1. The van der Waals surface area contributed by atoms with Gasteiger partial charge in [-0.25, -0.2) is 8.42 Å². The maximum absolute atomic E-state index is 12.9. The molecule has 5 heteroatoms. The molecule has 2 aliphatic rings. The molecular weight excluding hydrogens is 320 g/mol. The lowest BCUT2D eigenvalue weighted by Gasteiger charge is -2.26. The molecule has 2 heterocycles. The first-order chi connectivity index (χ1) is 11.6. The van der Waals surface area contributed by atoms with Gasteiger partial charge in [-0.2, -0.15) is 4.31 Å². The number of anilines is 1. The number of hydrogen-bond acceptors (Lipinski definition) is 3. The first kappa shape index (κ1) is 15.7. The lowest BCUT2D eigenvalue weighted by atomic mass is 10.1. The van der Waals surface area contributed by atoms with Crippen LogP contribution in [-0.4, -0.2) is 38.4 Å². The fourth-order valence-corrected chi connectivity index (χ4v) is 5.43. The third kappa shape index (κ3) is 2.62. The molecule has 0 spiro atoms. The number of para-hydroxylation sites is 1. The van der Waals surface area contributed by atoms with Gasteiger partial charge in [0, 0.05) is 31.4 Å². The largest absolute Gasteiger partial charge is 0.367 e. The average molecular weight is 342 g/mol. The highest BCUT2D eigenvalue weighted by Crippen LogP contribution is 2.37. The van der Waals surface area contributed by atoms with Gasteiger partial charge in [0.05, 0.1) is 4.90 Å². The van der Waals surface area contributed by atoms with Crippen molar-refractivity contribution in [2.24, 2.45) is 5.92 Å². The second kappa shape index (κ2) is 5.90. The highest BCUT2D eigenvalue weighted by Gasteiger charge is 2.45. The molecule has 2 atom stereocenters. The van der Waals surface area contributed by atoms with Gasteiger partial charge in [-0.05, 0) is 43.5 Å². The van der Waals surface area contributed by atoms with E-state index in [1.54, 1.807) is 16.4 Å². The number of benzene rings is 2.